The Hall–Kier alpha value is -2.43. The number of halogens is 6. The van der Waals surface area contributed by atoms with Crippen LogP contribution in [0.2, 0.25) is 0 Å². The SMILES string of the molecule is Cc1[nH]c2ccc3c(c2c1C(=O)OC(C)(C(F)(F)F)C(F)(F)F)CC1CCCN2CCCCC12O3. The number of aryl methyl sites for hydroxylation is 1. The maximum atomic E-state index is 13.4. The van der Waals surface area contributed by atoms with Gasteiger partial charge in [0.15, 0.2) is 5.72 Å². The van der Waals surface area contributed by atoms with E-state index in [1.54, 1.807) is 12.1 Å². The lowest BCUT2D eigenvalue weighted by atomic mass is 9.74. The molecule has 3 aliphatic heterocycles. The minimum absolute atomic E-state index is 0.101. The average Bonchev–Trinajstić information content (AvgIpc) is 3.11. The zero-order chi connectivity index (χ0) is 25.4. The zero-order valence-corrected chi connectivity index (χ0v) is 19.3. The number of nitrogens with zero attached hydrogens (tertiary/aromatic N) is 1. The molecule has 0 radical (unpaired) electrons. The molecule has 3 aliphatic rings. The van der Waals surface area contributed by atoms with Crippen molar-refractivity contribution in [2.45, 2.75) is 76.1 Å². The first-order chi connectivity index (χ1) is 16.3. The Balaban J connectivity index is 1.59. The molecule has 0 aliphatic carbocycles. The van der Waals surface area contributed by atoms with Gasteiger partial charge in [0, 0.05) is 47.6 Å². The Labute approximate surface area is 197 Å². The second-order valence-corrected chi connectivity index (χ2v) is 9.94. The minimum atomic E-state index is -5.84. The highest BCUT2D eigenvalue weighted by Crippen LogP contribution is 2.51. The Bertz CT molecular complexity index is 1150. The number of H-pyrrole nitrogens is 1. The lowest BCUT2D eigenvalue weighted by molar-refractivity contribution is -0.358. The number of hydrogen-bond donors (Lipinski definition) is 1. The van der Waals surface area contributed by atoms with Gasteiger partial charge in [0.05, 0.1) is 5.56 Å². The maximum absolute atomic E-state index is 13.4. The molecule has 0 amide bonds. The van der Waals surface area contributed by atoms with E-state index < -0.39 is 29.6 Å². The molecule has 0 saturated carbocycles. The van der Waals surface area contributed by atoms with Crippen LogP contribution >= 0.6 is 0 Å². The average molecular weight is 504 g/mol. The van der Waals surface area contributed by atoms with Gasteiger partial charge in [-0.25, -0.2) is 4.79 Å². The van der Waals surface area contributed by atoms with Crippen LogP contribution < -0.4 is 4.74 Å². The van der Waals surface area contributed by atoms with Gasteiger partial charge in [0.2, 0.25) is 0 Å². The summed E-state index contributed by atoms with van der Waals surface area (Å²) in [5.41, 5.74) is -4.25. The van der Waals surface area contributed by atoms with E-state index in [9.17, 15) is 31.1 Å². The van der Waals surface area contributed by atoms with Crippen LogP contribution in [-0.2, 0) is 11.2 Å². The third-order valence-electron chi connectivity index (χ3n) is 7.90. The van der Waals surface area contributed by atoms with Crippen LogP contribution in [-0.4, -0.2) is 52.6 Å². The molecule has 35 heavy (non-hydrogen) atoms. The molecule has 4 heterocycles. The number of aromatic nitrogens is 1. The first kappa shape index (κ1) is 24.3. The van der Waals surface area contributed by atoms with Crippen molar-refractivity contribution >= 4 is 16.9 Å². The van der Waals surface area contributed by atoms with E-state index in [1.165, 1.54) is 6.92 Å². The fourth-order valence-electron chi connectivity index (χ4n) is 5.98. The molecule has 1 spiro atoms. The summed E-state index contributed by atoms with van der Waals surface area (Å²) in [6.45, 7) is 3.10. The van der Waals surface area contributed by atoms with Crippen molar-refractivity contribution in [2.75, 3.05) is 13.1 Å². The van der Waals surface area contributed by atoms with Crippen molar-refractivity contribution in [3.63, 3.8) is 0 Å². The predicted octanol–water partition coefficient (Wildman–Crippen LogP) is 6.04. The molecular formula is C24H26F6N2O3. The third-order valence-corrected chi connectivity index (χ3v) is 7.90. The number of piperidine rings is 2. The first-order valence-electron chi connectivity index (χ1n) is 11.7. The lowest BCUT2D eigenvalue weighted by Gasteiger charge is -2.56. The molecule has 11 heteroatoms. The van der Waals surface area contributed by atoms with Crippen LogP contribution in [0, 0.1) is 12.8 Å². The standard InChI is InChI=1S/C24H26F6N2O3/c1-13-18(20(33)35-21(2,23(25,26)27)24(28,29)30)19-15-12-14-6-5-11-32-10-4-3-9-22(14,32)34-17(15)8-7-16(19)31-13/h7-8,14,31H,3-6,9-12H2,1-2H3. The van der Waals surface area contributed by atoms with Crippen LogP contribution in [0.15, 0.2) is 12.1 Å². The highest BCUT2D eigenvalue weighted by Gasteiger charge is 2.71. The number of fused-ring (bicyclic) bond motifs is 3. The van der Waals surface area contributed by atoms with Gasteiger partial charge in [-0.3, -0.25) is 4.90 Å². The Kier molecular flexibility index (Phi) is 5.40. The molecule has 1 aromatic heterocycles. The van der Waals surface area contributed by atoms with Gasteiger partial charge in [0.1, 0.15) is 5.75 Å². The highest BCUT2D eigenvalue weighted by atomic mass is 19.4. The molecule has 1 N–H and O–H groups in total. The Morgan fingerprint density at radius 3 is 2.49 bits per heavy atom. The molecule has 2 saturated heterocycles. The monoisotopic (exact) mass is 504 g/mol. The molecule has 5 rings (SSSR count). The lowest BCUT2D eigenvalue weighted by Crippen LogP contribution is -2.64. The summed E-state index contributed by atoms with van der Waals surface area (Å²) in [4.78, 5) is 18.2. The van der Waals surface area contributed by atoms with Crippen molar-refractivity contribution in [2.24, 2.45) is 5.92 Å². The quantitative estimate of drug-likeness (QED) is 0.400. The topological polar surface area (TPSA) is 54.6 Å². The van der Waals surface area contributed by atoms with E-state index in [0.717, 1.165) is 45.2 Å². The Morgan fingerprint density at radius 2 is 1.80 bits per heavy atom. The molecule has 2 unspecified atom stereocenters. The number of esters is 1. The molecule has 2 atom stereocenters. The van der Waals surface area contributed by atoms with E-state index in [-0.39, 0.29) is 29.5 Å². The maximum Gasteiger partial charge on any atom is 0.437 e. The summed E-state index contributed by atoms with van der Waals surface area (Å²) in [6, 6.07) is 3.39. The van der Waals surface area contributed by atoms with Crippen molar-refractivity contribution in [1.29, 1.82) is 0 Å². The summed E-state index contributed by atoms with van der Waals surface area (Å²) in [5, 5.41) is 0.263. The molecule has 5 nitrogen and oxygen atoms in total. The number of aromatic amines is 1. The van der Waals surface area contributed by atoms with Gasteiger partial charge < -0.3 is 14.5 Å². The van der Waals surface area contributed by atoms with E-state index in [1.807, 2.05) is 0 Å². The summed E-state index contributed by atoms with van der Waals surface area (Å²) in [7, 11) is 0. The van der Waals surface area contributed by atoms with Crippen LogP contribution in [0.25, 0.3) is 10.9 Å². The van der Waals surface area contributed by atoms with Gasteiger partial charge in [0.25, 0.3) is 5.60 Å². The first-order valence-corrected chi connectivity index (χ1v) is 11.7. The summed E-state index contributed by atoms with van der Waals surface area (Å²) >= 11 is 0. The molecule has 2 aromatic rings. The van der Waals surface area contributed by atoms with Crippen molar-refractivity contribution in [3.05, 3.63) is 29.0 Å². The number of rotatable bonds is 2. The largest absolute Gasteiger partial charge is 0.472 e. The number of benzene rings is 1. The molecule has 0 bridgehead atoms. The van der Waals surface area contributed by atoms with Gasteiger partial charge in [-0.15, -0.1) is 0 Å². The minimum Gasteiger partial charge on any atom is -0.472 e. The number of nitrogens with one attached hydrogen (secondary N) is 1. The number of ether oxygens (including phenoxy) is 2. The molecule has 2 fully saturated rings. The molecule has 1 aromatic carbocycles. The molecular weight excluding hydrogens is 478 g/mol. The van der Waals surface area contributed by atoms with Crippen LogP contribution in [0.3, 0.4) is 0 Å². The van der Waals surface area contributed by atoms with E-state index >= 15 is 0 Å². The number of alkyl halides is 6. The fraction of sp³-hybridized carbons (Fsp3) is 0.625. The van der Waals surface area contributed by atoms with Crippen molar-refractivity contribution in [3.8, 4) is 5.75 Å². The fourth-order valence-corrected chi connectivity index (χ4v) is 5.98. The predicted molar refractivity (Wildman–Crippen MR) is 114 cm³/mol. The van der Waals surface area contributed by atoms with Crippen LogP contribution in [0.4, 0.5) is 26.3 Å². The van der Waals surface area contributed by atoms with Gasteiger partial charge in [-0.2, -0.15) is 26.3 Å². The Morgan fingerprint density at radius 1 is 1.11 bits per heavy atom. The van der Waals surface area contributed by atoms with Crippen LogP contribution in [0.5, 0.6) is 5.75 Å². The third kappa shape index (κ3) is 3.52. The highest BCUT2D eigenvalue weighted by molar-refractivity contribution is 6.07. The van der Waals surface area contributed by atoms with Gasteiger partial charge in [-0.1, -0.05) is 0 Å². The normalized spacial score (nSPS) is 25.4. The van der Waals surface area contributed by atoms with E-state index in [2.05, 4.69) is 14.6 Å². The summed E-state index contributed by atoms with van der Waals surface area (Å²) in [5.74, 6) is -1.07. The summed E-state index contributed by atoms with van der Waals surface area (Å²) in [6.07, 6.45) is -6.38. The van der Waals surface area contributed by atoms with E-state index in [0.29, 0.717) is 23.3 Å². The van der Waals surface area contributed by atoms with Gasteiger partial charge in [-0.05, 0) is 58.1 Å². The number of hydrogen-bond acceptors (Lipinski definition) is 4. The van der Waals surface area contributed by atoms with Crippen molar-refractivity contribution < 1.29 is 40.6 Å². The second-order valence-electron chi connectivity index (χ2n) is 9.94. The number of carbonyl (C=O) groups excluding carboxylic acids is 1. The zero-order valence-electron chi connectivity index (χ0n) is 19.3. The second kappa shape index (κ2) is 7.78. The van der Waals surface area contributed by atoms with Gasteiger partial charge >= 0.3 is 18.3 Å². The number of carbonyl (C=O) groups is 1. The van der Waals surface area contributed by atoms with Crippen LogP contribution in [0.1, 0.15) is 60.6 Å². The smallest absolute Gasteiger partial charge is 0.437 e. The van der Waals surface area contributed by atoms with E-state index in [4.69, 9.17) is 4.74 Å². The van der Waals surface area contributed by atoms with Crippen molar-refractivity contribution in [1.82, 2.24) is 9.88 Å². The summed E-state index contributed by atoms with van der Waals surface area (Å²) < 4.78 is 91.2. The molecule has 192 valence electrons.